The van der Waals surface area contributed by atoms with Gasteiger partial charge in [0.2, 0.25) is 0 Å². The molecule has 2 aromatic rings. The van der Waals surface area contributed by atoms with Crippen molar-refractivity contribution in [2.75, 3.05) is 37.7 Å². The van der Waals surface area contributed by atoms with Crippen LogP contribution < -0.4 is 16.2 Å². The minimum absolute atomic E-state index is 0.111. The van der Waals surface area contributed by atoms with Gasteiger partial charge >= 0.3 is 0 Å². The second-order valence-corrected chi connectivity index (χ2v) is 6.42. The number of ketones is 1. The SMILES string of the molecule is Nc1ccc(C(=O)c2ccccc2OCCN2CCCCC2)cc1N. The molecular weight excluding hydrogens is 314 g/mol. The molecule has 4 N–H and O–H groups in total. The van der Waals surface area contributed by atoms with Crippen molar-refractivity contribution in [1.82, 2.24) is 4.90 Å². The molecule has 1 heterocycles. The predicted octanol–water partition coefficient (Wildman–Crippen LogP) is 2.95. The standard InChI is InChI=1S/C20H25N3O2/c21-17-9-8-15(14-18(17)22)20(24)16-6-2-3-7-19(16)25-13-12-23-10-4-1-5-11-23/h2-3,6-9,14H,1,4-5,10-13,21-22H2. The van der Waals surface area contributed by atoms with E-state index in [0.717, 1.165) is 19.6 Å². The van der Waals surface area contributed by atoms with Crippen molar-refractivity contribution in [3.8, 4) is 5.75 Å². The minimum Gasteiger partial charge on any atom is -0.491 e. The molecule has 0 atom stereocenters. The van der Waals surface area contributed by atoms with Gasteiger partial charge in [0.1, 0.15) is 12.4 Å². The molecule has 0 unspecified atom stereocenters. The highest BCUT2D eigenvalue weighted by atomic mass is 16.5. The number of anilines is 2. The van der Waals surface area contributed by atoms with Crippen LogP contribution in [0.2, 0.25) is 0 Å². The van der Waals surface area contributed by atoms with E-state index < -0.39 is 0 Å². The van der Waals surface area contributed by atoms with Crippen LogP contribution in [0.1, 0.15) is 35.2 Å². The number of rotatable bonds is 6. The van der Waals surface area contributed by atoms with Crippen molar-refractivity contribution in [2.24, 2.45) is 0 Å². The van der Waals surface area contributed by atoms with Crippen molar-refractivity contribution in [1.29, 1.82) is 0 Å². The van der Waals surface area contributed by atoms with E-state index in [-0.39, 0.29) is 5.78 Å². The lowest BCUT2D eigenvalue weighted by molar-refractivity contribution is 0.103. The molecule has 25 heavy (non-hydrogen) atoms. The maximum absolute atomic E-state index is 12.8. The number of para-hydroxylation sites is 1. The predicted molar refractivity (Wildman–Crippen MR) is 101 cm³/mol. The van der Waals surface area contributed by atoms with Crippen LogP contribution in [0.15, 0.2) is 42.5 Å². The smallest absolute Gasteiger partial charge is 0.196 e. The van der Waals surface area contributed by atoms with Gasteiger partial charge in [0.05, 0.1) is 16.9 Å². The third-order valence-corrected chi connectivity index (χ3v) is 4.59. The first-order chi connectivity index (χ1) is 12.1. The summed E-state index contributed by atoms with van der Waals surface area (Å²) in [5.74, 6) is 0.500. The highest BCUT2D eigenvalue weighted by Crippen LogP contribution is 2.24. The second-order valence-electron chi connectivity index (χ2n) is 6.42. The number of likely N-dealkylation sites (tertiary alicyclic amines) is 1. The summed E-state index contributed by atoms with van der Waals surface area (Å²) in [7, 11) is 0. The van der Waals surface area contributed by atoms with Crippen molar-refractivity contribution in [3.63, 3.8) is 0 Å². The Morgan fingerprint density at radius 3 is 2.52 bits per heavy atom. The normalized spacial score (nSPS) is 15.0. The molecule has 0 radical (unpaired) electrons. The quantitative estimate of drug-likeness (QED) is 0.625. The average molecular weight is 339 g/mol. The molecule has 0 spiro atoms. The highest BCUT2D eigenvalue weighted by molar-refractivity contribution is 6.11. The Balaban J connectivity index is 1.69. The largest absolute Gasteiger partial charge is 0.491 e. The molecule has 5 heteroatoms. The fraction of sp³-hybridized carbons (Fsp3) is 0.350. The molecular formula is C20H25N3O2. The van der Waals surface area contributed by atoms with Crippen molar-refractivity contribution >= 4 is 17.2 Å². The number of benzene rings is 2. The Hall–Kier alpha value is -2.53. The summed E-state index contributed by atoms with van der Waals surface area (Å²) >= 11 is 0. The number of nitrogens with two attached hydrogens (primary N) is 2. The Morgan fingerprint density at radius 1 is 1.00 bits per heavy atom. The van der Waals surface area contributed by atoms with Gasteiger partial charge in [0.25, 0.3) is 0 Å². The first kappa shape index (κ1) is 17.3. The van der Waals surface area contributed by atoms with E-state index in [1.54, 1.807) is 24.3 Å². The lowest BCUT2D eigenvalue weighted by Gasteiger charge is -2.26. The fourth-order valence-corrected chi connectivity index (χ4v) is 3.12. The molecule has 0 saturated carbocycles. The van der Waals surface area contributed by atoms with Gasteiger partial charge in [-0.05, 0) is 56.3 Å². The van der Waals surface area contributed by atoms with E-state index in [0.29, 0.717) is 34.9 Å². The fourth-order valence-electron chi connectivity index (χ4n) is 3.12. The lowest BCUT2D eigenvalue weighted by Crippen LogP contribution is -2.33. The number of nitrogen functional groups attached to an aromatic ring is 2. The van der Waals surface area contributed by atoms with E-state index in [2.05, 4.69) is 4.90 Å². The summed E-state index contributed by atoms with van der Waals surface area (Å²) in [5.41, 5.74) is 13.5. The number of hydrogen-bond donors (Lipinski definition) is 2. The van der Waals surface area contributed by atoms with Crippen LogP contribution in [-0.4, -0.2) is 36.9 Å². The molecule has 0 amide bonds. The maximum Gasteiger partial charge on any atom is 0.196 e. The van der Waals surface area contributed by atoms with Gasteiger partial charge in [-0.25, -0.2) is 0 Å². The summed E-state index contributed by atoms with van der Waals surface area (Å²) in [6.45, 7) is 3.73. The third kappa shape index (κ3) is 4.31. The van der Waals surface area contributed by atoms with E-state index >= 15 is 0 Å². The Kier molecular flexibility index (Phi) is 5.56. The van der Waals surface area contributed by atoms with Gasteiger partial charge in [-0.3, -0.25) is 9.69 Å². The first-order valence-electron chi connectivity index (χ1n) is 8.79. The van der Waals surface area contributed by atoms with E-state index in [1.165, 1.54) is 19.3 Å². The topological polar surface area (TPSA) is 81.6 Å². The molecule has 132 valence electrons. The Morgan fingerprint density at radius 2 is 1.76 bits per heavy atom. The van der Waals surface area contributed by atoms with E-state index in [4.69, 9.17) is 16.2 Å². The lowest BCUT2D eigenvalue weighted by atomic mass is 10.0. The molecule has 1 aliphatic heterocycles. The van der Waals surface area contributed by atoms with Crippen LogP contribution in [0.25, 0.3) is 0 Å². The molecule has 0 aromatic heterocycles. The number of ether oxygens (including phenoxy) is 1. The number of carbonyl (C=O) groups is 1. The molecule has 3 rings (SSSR count). The van der Waals surface area contributed by atoms with Crippen molar-refractivity contribution in [2.45, 2.75) is 19.3 Å². The average Bonchev–Trinajstić information content (AvgIpc) is 2.65. The first-order valence-corrected chi connectivity index (χ1v) is 8.79. The number of carbonyl (C=O) groups excluding carboxylic acids is 1. The Labute approximate surface area is 148 Å². The van der Waals surface area contributed by atoms with Gasteiger partial charge in [-0.1, -0.05) is 18.6 Å². The van der Waals surface area contributed by atoms with Gasteiger partial charge < -0.3 is 16.2 Å². The monoisotopic (exact) mass is 339 g/mol. The zero-order chi connectivity index (χ0) is 17.6. The minimum atomic E-state index is -0.111. The van der Waals surface area contributed by atoms with Gasteiger partial charge in [0.15, 0.2) is 5.78 Å². The molecule has 1 aliphatic rings. The van der Waals surface area contributed by atoms with Crippen LogP contribution in [0.5, 0.6) is 5.75 Å². The Bertz CT molecular complexity index is 739. The summed E-state index contributed by atoms with van der Waals surface area (Å²) in [5, 5.41) is 0. The molecule has 5 nitrogen and oxygen atoms in total. The zero-order valence-corrected chi connectivity index (χ0v) is 14.4. The summed E-state index contributed by atoms with van der Waals surface area (Å²) < 4.78 is 5.92. The molecule has 1 fully saturated rings. The maximum atomic E-state index is 12.8. The van der Waals surface area contributed by atoms with Crippen LogP contribution in [0.4, 0.5) is 11.4 Å². The van der Waals surface area contributed by atoms with Crippen molar-refractivity contribution in [3.05, 3.63) is 53.6 Å². The van der Waals surface area contributed by atoms with E-state index in [9.17, 15) is 4.79 Å². The highest BCUT2D eigenvalue weighted by Gasteiger charge is 2.16. The zero-order valence-electron chi connectivity index (χ0n) is 14.4. The summed E-state index contributed by atoms with van der Waals surface area (Å²) in [4.78, 5) is 15.2. The second kappa shape index (κ2) is 8.03. The van der Waals surface area contributed by atoms with Crippen LogP contribution in [-0.2, 0) is 0 Å². The summed E-state index contributed by atoms with van der Waals surface area (Å²) in [6.07, 6.45) is 3.83. The number of piperidine rings is 1. The van der Waals surface area contributed by atoms with Gasteiger partial charge in [-0.15, -0.1) is 0 Å². The van der Waals surface area contributed by atoms with Gasteiger partial charge in [-0.2, -0.15) is 0 Å². The molecule has 2 aromatic carbocycles. The third-order valence-electron chi connectivity index (χ3n) is 4.59. The molecule has 1 saturated heterocycles. The molecule has 0 bridgehead atoms. The van der Waals surface area contributed by atoms with Crippen LogP contribution in [0.3, 0.4) is 0 Å². The number of hydrogen-bond acceptors (Lipinski definition) is 5. The molecule has 0 aliphatic carbocycles. The number of nitrogens with zero attached hydrogens (tertiary/aromatic N) is 1. The van der Waals surface area contributed by atoms with Crippen molar-refractivity contribution < 1.29 is 9.53 Å². The summed E-state index contributed by atoms with van der Waals surface area (Å²) in [6, 6.07) is 12.3. The van der Waals surface area contributed by atoms with Crippen LogP contribution >= 0.6 is 0 Å². The van der Waals surface area contributed by atoms with Crippen LogP contribution in [0, 0.1) is 0 Å². The van der Waals surface area contributed by atoms with Gasteiger partial charge in [0, 0.05) is 12.1 Å². The van der Waals surface area contributed by atoms with E-state index in [1.807, 2.05) is 18.2 Å².